The molecule has 1 N–H and O–H groups in total. The lowest BCUT2D eigenvalue weighted by Gasteiger charge is -2.41. The highest BCUT2D eigenvalue weighted by molar-refractivity contribution is 6.79. The van der Waals surface area contributed by atoms with Gasteiger partial charge in [-0.25, -0.2) is 0 Å². The smallest absolute Gasteiger partial charge is 0.133 e. The number of rotatable bonds is 3. The SMILES string of the molecule is CC1=CC(C)([Si](C)(C)NC2CCCCC2)C=C1. The maximum Gasteiger partial charge on any atom is 0.133 e. The van der Waals surface area contributed by atoms with Crippen LogP contribution in [0.15, 0.2) is 23.8 Å². The summed E-state index contributed by atoms with van der Waals surface area (Å²) in [5.74, 6) is 0. The molecule has 0 amide bonds. The molecule has 17 heavy (non-hydrogen) atoms. The second-order valence-corrected chi connectivity index (χ2v) is 11.2. The van der Waals surface area contributed by atoms with Crippen LogP contribution in [0.5, 0.6) is 0 Å². The molecule has 1 atom stereocenters. The zero-order valence-corrected chi connectivity index (χ0v) is 12.8. The fourth-order valence-corrected chi connectivity index (χ4v) is 5.88. The van der Waals surface area contributed by atoms with Crippen molar-refractivity contribution in [2.75, 3.05) is 0 Å². The van der Waals surface area contributed by atoms with Crippen molar-refractivity contribution in [2.45, 2.75) is 70.1 Å². The summed E-state index contributed by atoms with van der Waals surface area (Å²) in [6.07, 6.45) is 14.2. The Labute approximate surface area is 107 Å². The molecule has 2 heteroatoms. The first-order valence-corrected chi connectivity index (χ1v) is 10.1. The van der Waals surface area contributed by atoms with Crippen molar-refractivity contribution >= 4 is 8.24 Å². The van der Waals surface area contributed by atoms with Crippen LogP contribution >= 0.6 is 0 Å². The lowest BCUT2D eigenvalue weighted by molar-refractivity contribution is 0.411. The van der Waals surface area contributed by atoms with Crippen LogP contribution in [0.25, 0.3) is 0 Å². The number of hydrogen-bond donors (Lipinski definition) is 1. The van der Waals surface area contributed by atoms with Crippen molar-refractivity contribution in [1.29, 1.82) is 0 Å². The minimum Gasteiger partial charge on any atom is -0.334 e. The summed E-state index contributed by atoms with van der Waals surface area (Å²) in [6.45, 7) is 9.59. The van der Waals surface area contributed by atoms with E-state index >= 15 is 0 Å². The van der Waals surface area contributed by atoms with E-state index in [-0.39, 0.29) is 0 Å². The van der Waals surface area contributed by atoms with Crippen LogP contribution < -0.4 is 4.98 Å². The molecule has 0 aromatic heterocycles. The zero-order chi connectivity index (χ0) is 12.5. The molecule has 1 nitrogen and oxygen atoms in total. The highest BCUT2D eigenvalue weighted by Gasteiger charge is 2.42. The summed E-state index contributed by atoms with van der Waals surface area (Å²) in [5.41, 5.74) is 1.43. The Balaban J connectivity index is 2.05. The molecule has 2 aliphatic carbocycles. The number of allylic oxidation sites excluding steroid dienone is 4. The minimum atomic E-state index is -1.44. The molecule has 2 rings (SSSR count). The Bertz CT molecular complexity index is 337. The Kier molecular flexibility index (Phi) is 3.65. The quantitative estimate of drug-likeness (QED) is 0.732. The molecule has 0 aromatic rings. The van der Waals surface area contributed by atoms with Gasteiger partial charge in [0, 0.05) is 11.1 Å². The van der Waals surface area contributed by atoms with E-state index in [4.69, 9.17) is 0 Å². The largest absolute Gasteiger partial charge is 0.334 e. The third-order valence-electron chi connectivity index (χ3n) is 4.74. The van der Waals surface area contributed by atoms with Gasteiger partial charge in [0.2, 0.25) is 0 Å². The standard InChI is InChI=1S/C15H27NSi/c1-13-10-11-15(2,12-13)17(3,4)16-14-8-6-5-7-9-14/h10-12,14,16H,5-9H2,1-4H3. The second-order valence-electron chi connectivity index (χ2n) is 6.61. The van der Waals surface area contributed by atoms with Crippen molar-refractivity contribution in [3.05, 3.63) is 23.8 Å². The Morgan fingerprint density at radius 3 is 2.41 bits per heavy atom. The van der Waals surface area contributed by atoms with Gasteiger partial charge in [-0.1, -0.05) is 63.1 Å². The molecule has 96 valence electrons. The summed E-state index contributed by atoms with van der Waals surface area (Å²) in [6, 6.07) is 0.782. The van der Waals surface area contributed by atoms with Gasteiger partial charge in [0.25, 0.3) is 0 Å². The molecule has 2 aliphatic rings. The average molecular weight is 249 g/mol. The maximum absolute atomic E-state index is 4.04. The third kappa shape index (κ3) is 2.74. The summed E-state index contributed by atoms with van der Waals surface area (Å²) in [5, 5.41) is 0.300. The van der Waals surface area contributed by atoms with E-state index in [1.54, 1.807) is 0 Å². The van der Waals surface area contributed by atoms with E-state index in [9.17, 15) is 0 Å². The van der Waals surface area contributed by atoms with Crippen LogP contribution in [0.3, 0.4) is 0 Å². The van der Waals surface area contributed by atoms with Gasteiger partial charge in [-0.3, -0.25) is 0 Å². The first-order valence-electron chi connectivity index (χ1n) is 7.09. The average Bonchev–Trinajstić information content (AvgIpc) is 2.61. The van der Waals surface area contributed by atoms with E-state index in [1.165, 1.54) is 37.7 Å². The van der Waals surface area contributed by atoms with Crippen LogP contribution in [-0.2, 0) is 0 Å². The van der Waals surface area contributed by atoms with E-state index in [1.807, 2.05) is 0 Å². The van der Waals surface area contributed by atoms with Gasteiger partial charge in [0.15, 0.2) is 0 Å². The molecule has 0 radical (unpaired) electrons. The van der Waals surface area contributed by atoms with Crippen LogP contribution in [-0.4, -0.2) is 14.3 Å². The van der Waals surface area contributed by atoms with Crippen LogP contribution in [0.2, 0.25) is 18.1 Å². The molecule has 0 bridgehead atoms. The van der Waals surface area contributed by atoms with Gasteiger partial charge in [-0.15, -0.1) is 0 Å². The molecule has 0 saturated heterocycles. The molecule has 1 unspecified atom stereocenters. The minimum absolute atomic E-state index is 0.300. The molecule has 0 heterocycles. The van der Waals surface area contributed by atoms with Crippen LogP contribution in [0.1, 0.15) is 46.0 Å². The van der Waals surface area contributed by atoms with Crippen LogP contribution in [0, 0.1) is 0 Å². The van der Waals surface area contributed by atoms with E-state index in [2.05, 4.69) is 50.2 Å². The van der Waals surface area contributed by atoms with Crippen molar-refractivity contribution in [3.63, 3.8) is 0 Å². The fraction of sp³-hybridized carbons (Fsp3) is 0.733. The lowest BCUT2D eigenvalue weighted by Crippen LogP contribution is -2.57. The zero-order valence-electron chi connectivity index (χ0n) is 11.8. The molecule has 0 aliphatic heterocycles. The van der Waals surface area contributed by atoms with Gasteiger partial charge in [0.1, 0.15) is 8.24 Å². The van der Waals surface area contributed by atoms with Gasteiger partial charge in [-0.2, -0.15) is 0 Å². The van der Waals surface area contributed by atoms with E-state index < -0.39 is 8.24 Å². The summed E-state index contributed by atoms with van der Waals surface area (Å²) in [4.78, 5) is 4.04. The highest BCUT2D eigenvalue weighted by Crippen LogP contribution is 2.44. The fourth-order valence-electron chi connectivity index (χ4n) is 3.18. The summed E-state index contributed by atoms with van der Waals surface area (Å²) < 4.78 is 0. The number of nitrogens with one attached hydrogen (secondary N) is 1. The molecule has 1 saturated carbocycles. The topological polar surface area (TPSA) is 12.0 Å². The summed E-state index contributed by atoms with van der Waals surface area (Å²) in [7, 11) is -1.44. The molecule has 1 fully saturated rings. The maximum atomic E-state index is 4.04. The summed E-state index contributed by atoms with van der Waals surface area (Å²) >= 11 is 0. The normalized spacial score (nSPS) is 30.7. The monoisotopic (exact) mass is 249 g/mol. The lowest BCUT2D eigenvalue weighted by atomic mass is 9.96. The van der Waals surface area contributed by atoms with Crippen molar-refractivity contribution in [1.82, 2.24) is 4.98 Å². The van der Waals surface area contributed by atoms with Crippen molar-refractivity contribution in [2.24, 2.45) is 0 Å². The Morgan fingerprint density at radius 1 is 1.24 bits per heavy atom. The molecular formula is C15H27NSi. The van der Waals surface area contributed by atoms with Gasteiger partial charge in [-0.05, 0) is 19.8 Å². The number of hydrogen-bond acceptors (Lipinski definition) is 1. The van der Waals surface area contributed by atoms with Crippen molar-refractivity contribution < 1.29 is 0 Å². The Hall–Kier alpha value is -0.343. The Morgan fingerprint density at radius 2 is 1.88 bits per heavy atom. The highest BCUT2D eigenvalue weighted by atomic mass is 28.3. The first-order chi connectivity index (χ1) is 7.93. The van der Waals surface area contributed by atoms with Gasteiger partial charge in [0.05, 0.1) is 0 Å². The van der Waals surface area contributed by atoms with Crippen LogP contribution in [0.4, 0.5) is 0 Å². The van der Waals surface area contributed by atoms with Gasteiger partial charge < -0.3 is 4.98 Å². The van der Waals surface area contributed by atoms with E-state index in [0.29, 0.717) is 5.04 Å². The predicted molar refractivity (Wildman–Crippen MR) is 78.8 cm³/mol. The first kappa shape index (κ1) is 13.1. The second kappa shape index (κ2) is 4.73. The van der Waals surface area contributed by atoms with E-state index in [0.717, 1.165) is 6.04 Å². The molecule has 0 aromatic carbocycles. The predicted octanol–water partition coefficient (Wildman–Crippen LogP) is 4.39. The third-order valence-corrected chi connectivity index (χ3v) is 8.87. The van der Waals surface area contributed by atoms with Crippen molar-refractivity contribution in [3.8, 4) is 0 Å². The molecular weight excluding hydrogens is 222 g/mol. The van der Waals surface area contributed by atoms with Gasteiger partial charge >= 0.3 is 0 Å². The molecule has 0 spiro atoms.